The fourth-order valence-corrected chi connectivity index (χ4v) is 0.865. The third-order valence-electron chi connectivity index (χ3n) is 1.34. The van der Waals surface area contributed by atoms with E-state index in [0.29, 0.717) is 5.65 Å². The lowest BCUT2D eigenvalue weighted by molar-refractivity contribution is 0.880. The van der Waals surface area contributed by atoms with Crippen LogP contribution in [0.25, 0.3) is 5.65 Å². The Balaban J connectivity index is 2.94. The second-order valence-electron chi connectivity index (χ2n) is 2.10. The maximum atomic E-state index is 10.7. The van der Waals surface area contributed by atoms with Gasteiger partial charge in [0.1, 0.15) is 6.20 Å². The molecule has 0 saturated heterocycles. The van der Waals surface area contributed by atoms with Gasteiger partial charge in [0.2, 0.25) is 0 Å². The second-order valence-corrected chi connectivity index (χ2v) is 2.10. The maximum Gasteiger partial charge on any atom is 0.291 e. The van der Waals surface area contributed by atoms with Gasteiger partial charge in [-0.15, -0.1) is 0 Å². The molecule has 54 valence electrons. The quantitative estimate of drug-likeness (QED) is 0.530. The van der Waals surface area contributed by atoms with Gasteiger partial charge in [-0.25, -0.2) is 4.52 Å². The lowest BCUT2D eigenvalue weighted by Gasteiger charge is -1.93. The summed E-state index contributed by atoms with van der Waals surface area (Å²) in [5.74, 6) is 0. The number of nitrogens with zero attached hydrogens (tertiary/aromatic N) is 3. The van der Waals surface area contributed by atoms with Gasteiger partial charge in [0.05, 0.1) is 0 Å². The van der Waals surface area contributed by atoms with Crippen LogP contribution in [0, 0.1) is 0 Å². The van der Waals surface area contributed by atoms with E-state index in [1.807, 2.05) is 12.1 Å². The number of fused-ring (bicyclic) bond motifs is 1. The van der Waals surface area contributed by atoms with Gasteiger partial charge in [0, 0.05) is 6.20 Å². The average Bonchev–Trinajstić information content (AvgIpc) is 2.04. The Kier molecular flexibility index (Phi) is 1.18. The first kappa shape index (κ1) is 6.03. The average molecular weight is 147 g/mol. The van der Waals surface area contributed by atoms with Gasteiger partial charge < -0.3 is 0 Å². The summed E-state index contributed by atoms with van der Waals surface area (Å²) in [5.41, 5.74) is 0.260. The molecule has 0 aromatic carbocycles. The zero-order chi connectivity index (χ0) is 7.68. The van der Waals surface area contributed by atoms with Crippen LogP contribution in [0.2, 0.25) is 0 Å². The Morgan fingerprint density at radius 3 is 3.18 bits per heavy atom. The van der Waals surface area contributed by atoms with E-state index in [-0.39, 0.29) is 5.56 Å². The Bertz CT molecular complexity index is 435. The van der Waals surface area contributed by atoms with E-state index in [0.717, 1.165) is 0 Å². The zero-order valence-corrected chi connectivity index (χ0v) is 5.64. The SMILES string of the molecule is O=c1cnn2ccccc2n1. The summed E-state index contributed by atoms with van der Waals surface area (Å²) in [6.07, 6.45) is 2.93. The molecule has 2 heterocycles. The third-order valence-corrected chi connectivity index (χ3v) is 1.34. The van der Waals surface area contributed by atoms with E-state index < -0.39 is 0 Å². The molecule has 2 aromatic heterocycles. The summed E-state index contributed by atoms with van der Waals surface area (Å²) >= 11 is 0. The molecular weight excluding hydrogens is 142 g/mol. The largest absolute Gasteiger partial charge is 0.291 e. The van der Waals surface area contributed by atoms with E-state index in [2.05, 4.69) is 10.1 Å². The highest BCUT2D eigenvalue weighted by atomic mass is 16.1. The van der Waals surface area contributed by atoms with E-state index in [9.17, 15) is 4.79 Å². The third kappa shape index (κ3) is 0.980. The van der Waals surface area contributed by atoms with Crippen molar-refractivity contribution in [1.29, 1.82) is 0 Å². The highest BCUT2D eigenvalue weighted by Gasteiger charge is 1.90. The summed E-state index contributed by atoms with van der Waals surface area (Å²) in [6, 6.07) is 5.37. The molecule has 0 unspecified atom stereocenters. The normalized spacial score (nSPS) is 10.2. The van der Waals surface area contributed by atoms with Crippen LogP contribution in [-0.2, 0) is 0 Å². The van der Waals surface area contributed by atoms with Gasteiger partial charge in [-0.2, -0.15) is 10.1 Å². The lowest BCUT2D eigenvalue weighted by atomic mass is 10.5. The molecule has 0 aliphatic carbocycles. The molecule has 4 nitrogen and oxygen atoms in total. The maximum absolute atomic E-state index is 10.7. The summed E-state index contributed by atoms with van der Waals surface area (Å²) in [6.45, 7) is 0. The number of rotatable bonds is 0. The van der Waals surface area contributed by atoms with Crippen LogP contribution in [0.15, 0.2) is 35.4 Å². The number of hydrogen-bond donors (Lipinski definition) is 0. The minimum Gasteiger partial charge on any atom is -0.266 e. The van der Waals surface area contributed by atoms with Crippen molar-refractivity contribution in [3.63, 3.8) is 0 Å². The zero-order valence-electron chi connectivity index (χ0n) is 5.64. The van der Waals surface area contributed by atoms with Crippen LogP contribution in [0.1, 0.15) is 0 Å². The first-order valence-corrected chi connectivity index (χ1v) is 3.17. The lowest BCUT2D eigenvalue weighted by Crippen LogP contribution is -2.09. The Morgan fingerprint density at radius 2 is 2.27 bits per heavy atom. The smallest absolute Gasteiger partial charge is 0.266 e. The van der Waals surface area contributed by atoms with Crippen molar-refractivity contribution in [3.05, 3.63) is 40.9 Å². The monoisotopic (exact) mass is 147 g/mol. The first-order valence-electron chi connectivity index (χ1n) is 3.17. The van der Waals surface area contributed by atoms with Crippen molar-refractivity contribution in [2.45, 2.75) is 0 Å². The number of hydrogen-bond acceptors (Lipinski definition) is 3. The van der Waals surface area contributed by atoms with Crippen molar-refractivity contribution >= 4 is 5.65 Å². The second kappa shape index (κ2) is 2.16. The minimum absolute atomic E-state index is 0.309. The van der Waals surface area contributed by atoms with Crippen molar-refractivity contribution < 1.29 is 0 Å². The molecule has 0 bridgehead atoms. The Hall–Kier alpha value is -1.71. The summed E-state index contributed by atoms with van der Waals surface area (Å²) in [5, 5.41) is 3.82. The van der Waals surface area contributed by atoms with Gasteiger partial charge in [0.25, 0.3) is 5.56 Å². The molecule has 0 spiro atoms. The van der Waals surface area contributed by atoms with Crippen LogP contribution in [0.4, 0.5) is 0 Å². The van der Waals surface area contributed by atoms with Gasteiger partial charge in [0.15, 0.2) is 5.65 Å². The molecule has 0 atom stereocenters. The molecule has 0 aliphatic rings. The van der Waals surface area contributed by atoms with Crippen LogP contribution in [-0.4, -0.2) is 14.6 Å². The standard InChI is InChI=1S/C7H5N3O/c11-7-5-8-10-4-2-1-3-6(10)9-7/h1-5H. The summed E-state index contributed by atoms with van der Waals surface area (Å²) in [7, 11) is 0. The van der Waals surface area contributed by atoms with Gasteiger partial charge >= 0.3 is 0 Å². The fourth-order valence-electron chi connectivity index (χ4n) is 0.865. The molecule has 0 radical (unpaired) electrons. The molecule has 2 rings (SSSR count). The van der Waals surface area contributed by atoms with Gasteiger partial charge in [-0.1, -0.05) is 6.07 Å². The van der Waals surface area contributed by atoms with E-state index in [1.54, 1.807) is 16.8 Å². The van der Waals surface area contributed by atoms with Crippen molar-refractivity contribution in [2.75, 3.05) is 0 Å². The van der Waals surface area contributed by atoms with Crippen LogP contribution in [0.3, 0.4) is 0 Å². The minimum atomic E-state index is -0.309. The highest BCUT2D eigenvalue weighted by Crippen LogP contribution is 1.90. The highest BCUT2D eigenvalue weighted by molar-refractivity contribution is 5.34. The van der Waals surface area contributed by atoms with E-state index in [4.69, 9.17) is 0 Å². The van der Waals surface area contributed by atoms with E-state index in [1.165, 1.54) is 6.20 Å². The van der Waals surface area contributed by atoms with Crippen LogP contribution >= 0.6 is 0 Å². The topological polar surface area (TPSA) is 47.3 Å². The molecule has 0 N–H and O–H groups in total. The molecule has 2 aromatic rings. The molecule has 0 amide bonds. The Morgan fingerprint density at radius 1 is 1.36 bits per heavy atom. The van der Waals surface area contributed by atoms with Crippen molar-refractivity contribution in [3.8, 4) is 0 Å². The van der Waals surface area contributed by atoms with Gasteiger partial charge in [-0.05, 0) is 12.1 Å². The molecule has 4 heteroatoms. The fraction of sp³-hybridized carbons (Fsp3) is 0. The molecule has 0 aliphatic heterocycles. The summed E-state index contributed by atoms with van der Waals surface area (Å²) in [4.78, 5) is 14.4. The number of pyridine rings is 1. The molecular formula is C7H5N3O. The summed E-state index contributed by atoms with van der Waals surface area (Å²) < 4.78 is 1.54. The predicted molar refractivity (Wildman–Crippen MR) is 39.3 cm³/mol. The first-order chi connectivity index (χ1) is 5.36. The number of aromatic nitrogens is 3. The molecule has 0 saturated carbocycles. The molecule has 11 heavy (non-hydrogen) atoms. The van der Waals surface area contributed by atoms with Crippen molar-refractivity contribution in [1.82, 2.24) is 14.6 Å². The van der Waals surface area contributed by atoms with Crippen LogP contribution < -0.4 is 5.56 Å². The van der Waals surface area contributed by atoms with Gasteiger partial charge in [-0.3, -0.25) is 4.79 Å². The van der Waals surface area contributed by atoms with Crippen LogP contribution in [0.5, 0.6) is 0 Å². The predicted octanol–water partition coefficient (Wildman–Crippen LogP) is 0.0895. The van der Waals surface area contributed by atoms with Crippen molar-refractivity contribution in [2.24, 2.45) is 0 Å². The Labute approximate surface area is 62.1 Å². The van der Waals surface area contributed by atoms with E-state index >= 15 is 0 Å². The molecule has 0 fully saturated rings.